The molecular weight excluding hydrogens is 297 g/mol. The van der Waals surface area contributed by atoms with Gasteiger partial charge in [-0.25, -0.2) is 4.57 Å². The average Bonchev–Trinajstić information content (AvgIpc) is 2.33. The second-order valence-electron chi connectivity index (χ2n) is 6.05. The molecule has 0 heterocycles. The quantitative estimate of drug-likeness (QED) is 0.483. The van der Waals surface area contributed by atoms with E-state index in [0.29, 0.717) is 19.3 Å². The van der Waals surface area contributed by atoms with Crippen LogP contribution in [-0.4, -0.2) is 26.8 Å². The standard InChI is InChI=1S/C13H26NO6P/c1-5-7-8-13(4,10(15)14-21(18,19)20)9-12(3,6-2)11(16)17/h5-9H2,1-4H3,(H,16,17)(H3,14,15,18,19,20). The molecule has 0 rings (SSSR count). The average molecular weight is 323 g/mol. The lowest BCUT2D eigenvalue weighted by molar-refractivity contribution is -0.151. The number of rotatable bonds is 9. The number of amides is 1. The Morgan fingerprint density at radius 3 is 2.00 bits per heavy atom. The number of carboxylic acid groups (broad SMARTS) is 1. The van der Waals surface area contributed by atoms with Crippen LogP contribution in [0.4, 0.5) is 0 Å². The molecule has 0 saturated heterocycles. The molecule has 0 aromatic heterocycles. The molecule has 0 radical (unpaired) electrons. The molecule has 0 aromatic carbocycles. The van der Waals surface area contributed by atoms with Crippen LogP contribution in [0, 0.1) is 10.8 Å². The summed E-state index contributed by atoms with van der Waals surface area (Å²) < 4.78 is 11.0. The Labute approximate surface area is 125 Å². The number of aliphatic carboxylic acids is 1. The van der Waals surface area contributed by atoms with Crippen molar-refractivity contribution in [2.24, 2.45) is 10.8 Å². The minimum atomic E-state index is -4.70. The van der Waals surface area contributed by atoms with Gasteiger partial charge < -0.3 is 14.9 Å². The Morgan fingerprint density at radius 1 is 1.14 bits per heavy atom. The molecule has 21 heavy (non-hydrogen) atoms. The number of hydrogen-bond donors (Lipinski definition) is 4. The third-order valence-corrected chi connectivity index (χ3v) is 4.45. The van der Waals surface area contributed by atoms with Gasteiger partial charge in [-0.05, 0) is 26.2 Å². The van der Waals surface area contributed by atoms with E-state index in [4.69, 9.17) is 9.79 Å². The Balaban J connectivity index is 5.38. The van der Waals surface area contributed by atoms with Crippen LogP contribution in [0.2, 0.25) is 0 Å². The summed E-state index contributed by atoms with van der Waals surface area (Å²) in [7, 11) is -4.70. The predicted octanol–water partition coefficient (Wildman–Crippen LogP) is 2.28. The predicted molar refractivity (Wildman–Crippen MR) is 78.5 cm³/mol. The van der Waals surface area contributed by atoms with Gasteiger partial charge in [0.25, 0.3) is 0 Å². The van der Waals surface area contributed by atoms with Crippen molar-refractivity contribution in [1.29, 1.82) is 0 Å². The van der Waals surface area contributed by atoms with Crippen molar-refractivity contribution < 1.29 is 29.0 Å². The summed E-state index contributed by atoms with van der Waals surface area (Å²) in [5.74, 6) is -1.82. The molecule has 124 valence electrons. The smallest absolute Gasteiger partial charge is 0.429 e. The molecule has 2 unspecified atom stereocenters. The normalized spacial score (nSPS) is 17.6. The monoisotopic (exact) mass is 323 g/mol. The van der Waals surface area contributed by atoms with E-state index < -0.39 is 30.5 Å². The zero-order chi connectivity index (χ0) is 16.9. The Bertz CT molecular complexity index is 434. The summed E-state index contributed by atoms with van der Waals surface area (Å²) in [5, 5.41) is 11.0. The second kappa shape index (κ2) is 7.38. The summed E-state index contributed by atoms with van der Waals surface area (Å²) >= 11 is 0. The molecule has 0 fully saturated rings. The van der Waals surface area contributed by atoms with E-state index in [1.807, 2.05) is 6.92 Å². The highest BCUT2D eigenvalue weighted by Crippen LogP contribution is 2.42. The molecule has 0 spiro atoms. The first-order chi connectivity index (χ1) is 9.40. The van der Waals surface area contributed by atoms with Crippen LogP contribution in [0.5, 0.6) is 0 Å². The molecule has 0 aliphatic heterocycles. The first kappa shape index (κ1) is 20.1. The molecule has 8 heteroatoms. The van der Waals surface area contributed by atoms with Crippen LogP contribution in [0.15, 0.2) is 0 Å². The SMILES string of the molecule is CCCCC(C)(CC(C)(CC)C(=O)O)C(=O)NP(=O)(O)O. The van der Waals surface area contributed by atoms with E-state index in [9.17, 15) is 19.3 Å². The zero-order valence-electron chi connectivity index (χ0n) is 13.0. The lowest BCUT2D eigenvalue weighted by atomic mass is 9.69. The van der Waals surface area contributed by atoms with Crippen molar-refractivity contribution in [2.45, 2.75) is 59.8 Å². The van der Waals surface area contributed by atoms with Gasteiger partial charge in [0.2, 0.25) is 5.91 Å². The largest absolute Gasteiger partial charge is 0.481 e. The van der Waals surface area contributed by atoms with Crippen molar-refractivity contribution >= 4 is 19.6 Å². The van der Waals surface area contributed by atoms with Gasteiger partial charge in [0.05, 0.1) is 5.41 Å². The fourth-order valence-corrected chi connectivity index (χ4v) is 2.86. The van der Waals surface area contributed by atoms with Gasteiger partial charge in [-0.3, -0.25) is 14.7 Å². The minimum Gasteiger partial charge on any atom is -0.481 e. The van der Waals surface area contributed by atoms with Gasteiger partial charge in [-0.2, -0.15) is 0 Å². The third kappa shape index (κ3) is 6.16. The number of nitrogens with one attached hydrogen (secondary N) is 1. The minimum absolute atomic E-state index is 0.0255. The number of unbranched alkanes of at least 4 members (excludes halogenated alkanes) is 1. The summed E-state index contributed by atoms with van der Waals surface area (Å²) in [6.45, 7) is 6.75. The van der Waals surface area contributed by atoms with Gasteiger partial charge in [-0.1, -0.05) is 33.6 Å². The van der Waals surface area contributed by atoms with Crippen molar-refractivity contribution in [3.05, 3.63) is 0 Å². The van der Waals surface area contributed by atoms with E-state index >= 15 is 0 Å². The van der Waals surface area contributed by atoms with E-state index in [-0.39, 0.29) is 6.42 Å². The summed E-state index contributed by atoms with van der Waals surface area (Å²) in [6, 6.07) is 0. The van der Waals surface area contributed by atoms with Gasteiger partial charge in [0.1, 0.15) is 0 Å². The lowest BCUT2D eigenvalue weighted by Gasteiger charge is -2.35. The van der Waals surface area contributed by atoms with E-state index in [2.05, 4.69) is 0 Å². The molecule has 0 aromatic rings. The van der Waals surface area contributed by atoms with Crippen molar-refractivity contribution in [3.63, 3.8) is 0 Å². The summed E-state index contributed by atoms with van der Waals surface area (Å²) in [6.07, 6.45) is 2.20. The summed E-state index contributed by atoms with van der Waals surface area (Å²) in [4.78, 5) is 41.4. The van der Waals surface area contributed by atoms with Gasteiger partial charge in [0.15, 0.2) is 0 Å². The number of carbonyl (C=O) groups is 2. The maximum absolute atomic E-state index is 12.2. The molecule has 4 N–H and O–H groups in total. The van der Waals surface area contributed by atoms with Crippen molar-refractivity contribution in [1.82, 2.24) is 5.09 Å². The van der Waals surface area contributed by atoms with Crippen LogP contribution < -0.4 is 5.09 Å². The topological polar surface area (TPSA) is 124 Å². The molecule has 0 aliphatic carbocycles. The van der Waals surface area contributed by atoms with Crippen LogP contribution >= 0.6 is 7.75 Å². The van der Waals surface area contributed by atoms with Crippen LogP contribution in [0.1, 0.15) is 59.8 Å². The maximum atomic E-state index is 12.2. The Hall–Kier alpha value is -0.910. The van der Waals surface area contributed by atoms with Crippen LogP contribution in [0.25, 0.3) is 0 Å². The van der Waals surface area contributed by atoms with Gasteiger partial charge >= 0.3 is 13.7 Å². The number of hydrogen-bond acceptors (Lipinski definition) is 3. The molecule has 0 bridgehead atoms. The van der Waals surface area contributed by atoms with E-state index in [1.165, 1.54) is 0 Å². The summed E-state index contributed by atoms with van der Waals surface area (Å²) in [5.41, 5.74) is -2.25. The Kier molecular flexibility index (Phi) is 7.06. The zero-order valence-corrected chi connectivity index (χ0v) is 13.9. The first-order valence-electron chi connectivity index (χ1n) is 7.02. The van der Waals surface area contributed by atoms with Crippen molar-refractivity contribution in [3.8, 4) is 0 Å². The lowest BCUT2D eigenvalue weighted by Crippen LogP contribution is -2.43. The highest BCUT2D eigenvalue weighted by atomic mass is 31.2. The molecule has 1 amide bonds. The van der Waals surface area contributed by atoms with Gasteiger partial charge in [0, 0.05) is 5.41 Å². The molecule has 7 nitrogen and oxygen atoms in total. The van der Waals surface area contributed by atoms with Crippen LogP contribution in [-0.2, 0) is 14.2 Å². The number of carboxylic acids is 1. The highest BCUT2D eigenvalue weighted by molar-refractivity contribution is 7.50. The molecule has 0 aliphatic rings. The third-order valence-electron chi connectivity index (χ3n) is 3.95. The van der Waals surface area contributed by atoms with E-state index in [0.717, 1.165) is 6.42 Å². The first-order valence-corrected chi connectivity index (χ1v) is 8.63. The molecule has 0 saturated carbocycles. The number of carbonyl (C=O) groups excluding carboxylic acids is 1. The van der Waals surface area contributed by atoms with E-state index in [1.54, 1.807) is 25.9 Å². The van der Waals surface area contributed by atoms with Crippen molar-refractivity contribution in [2.75, 3.05) is 0 Å². The van der Waals surface area contributed by atoms with Gasteiger partial charge in [-0.15, -0.1) is 0 Å². The highest BCUT2D eigenvalue weighted by Gasteiger charge is 2.44. The Morgan fingerprint density at radius 2 is 1.67 bits per heavy atom. The fraction of sp³-hybridized carbons (Fsp3) is 0.846. The maximum Gasteiger partial charge on any atom is 0.429 e. The fourth-order valence-electron chi connectivity index (χ4n) is 2.33. The second-order valence-corrected chi connectivity index (χ2v) is 7.36. The molecule has 2 atom stereocenters. The van der Waals surface area contributed by atoms with Crippen LogP contribution in [0.3, 0.4) is 0 Å². The molecular formula is C13H26NO6P.